The zero-order valence-corrected chi connectivity index (χ0v) is 11.4. The number of hydrogen-bond acceptors (Lipinski definition) is 4. The Morgan fingerprint density at radius 1 is 1.45 bits per heavy atom. The molecule has 7 nitrogen and oxygen atoms in total. The summed E-state index contributed by atoms with van der Waals surface area (Å²) in [5.74, 6) is -0.556. The van der Waals surface area contributed by atoms with Crippen LogP contribution in [-0.4, -0.2) is 47.0 Å². The minimum atomic E-state index is -0.403. The van der Waals surface area contributed by atoms with E-state index in [2.05, 4.69) is 15.5 Å². The lowest BCUT2D eigenvalue weighted by atomic mass is 10.2. The van der Waals surface area contributed by atoms with Gasteiger partial charge >= 0.3 is 0 Å². The number of carbonyl (C=O) groups excluding carboxylic acids is 2. The molecule has 0 aliphatic rings. The summed E-state index contributed by atoms with van der Waals surface area (Å²) in [5, 5.41) is 9.91. The molecule has 0 aliphatic heterocycles. The van der Waals surface area contributed by atoms with Gasteiger partial charge in [0.2, 0.25) is 5.91 Å². The Labute approximate surface area is 116 Å². The number of nitrogens with one attached hydrogen (secondary N) is 2. The first kappa shape index (κ1) is 13.9. The van der Waals surface area contributed by atoms with Crippen molar-refractivity contribution in [2.75, 3.05) is 25.9 Å². The second kappa shape index (κ2) is 5.60. The Balaban J connectivity index is 2.12. The van der Waals surface area contributed by atoms with Gasteiger partial charge in [-0.15, -0.1) is 0 Å². The molecule has 2 amide bonds. The van der Waals surface area contributed by atoms with Crippen LogP contribution in [0.25, 0.3) is 10.9 Å². The van der Waals surface area contributed by atoms with E-state index in [-0.39, 0.29) is 18.1 Å². The summed E-state index contributed by atoms with van der Waals surface area (Å²) in [4.78, 5) is 25.2. The van der Waals surface area contributed by atoms with Crippen molar-refractivity contribution in [2.45, 2.75) is 6.92 Å². The molecule has 2 rings (SSSR count). The van der Waals surface area contributed by atoms with Crippen LogP contribution >= 0.6 is 0 Å². The molecule has 0 aliphatic carbocycles. The van der Waals surface area contributed by atoms with Gasteiger partial charge in [-0.3, -0.25) is 14.7 Å². The molecule has 1 heterocycles. The maximum absolute atomic E-state index is 12.0. The van der Waals surface area contributed by atoms with Crippen molar-refractivity contribution in [3.63, 3.8) is 0 Å². The van der Waals surface area contributed by atoms with Crippen molar-refractivity contribution in [1.82, 2.24) is 20.4 Å². The van der Waals surface area contributed by atoms with Gasteiger partial charge in [0, 0.05) is 24.7 Å². The van der Waals surface area contributed by atoms with Crippen LogP contribution in [-0.2, 0) is 4.79 Å². The molecule has 0 radical (unpaired) electrons. The molecule has 0 unspecified atom stereocenters. The average Bonchev–Trinajstić information content (AvgIpc) is 2.86. The Morgan fingerprint density at radius 2 is 2.20 bits per heavy atom. The summed E-state index contributed by atoms with van der Waals surface area (Å²) in [6.07, 6.45) is 0. The minimum absolute atomic E-state index is 0.0557. The van der Waals surface area contributed by atoms with E-state index in [1.54, 1.807) is 25.2 Å². The first-order valence-electron chi connectivity index (χ1n) is 6.28. The SMILES string of the molecule is CCN(C)C(=O)CNC(=O)c1n[nH]c2ccc(N)cc12. The number of amides is 2. The van der Waals surface area contributed by atoms with Gasteiger partial charge in [0.05, 0.1) is 12.1 Å². The number of benzene rings is 1. The van der Waals surface area contributed by atoms with E-state index < -0.39 is 5.91 Å². The van der Waals surface area contributed by atoms with E-state index in [1.165, 1.54) is 4.90 Å². The van der Waals surface area contributed by atoms with Crippen molar-refractivity contribution >= 4 is 28.4 Å². The first-order valence-corrected chi connectivity index (χ1v) is 6.28. The monoisotopic (exact) mass is 275 g/mol. The maximum Gasteiger partial charge on any atom is 0.272 e. The maximum atomic E-state index is 12.0. The molecule has 0 saturated carbocycles. The lowest BCUT2D eigenvalue weighted by Crippen LogP contribution is -2.38. The summed E-state index contributed by atoms with van der Waals surface area (Å²) in [7, 11) is 1.68. The van der Waals surface area contributed by atoms with Gasteiger partial charge in [0.15, 0.2) is 5.69 Å². The second-order valence-electron chi connectivity index (χ2n) is 4.47. The van der Waals surface area contributed by atoms with Crippen LogP contribution in [0.1, 0.15) is 17.4 Å². The molecule has 0 atom stereocenters. The number of nitrogen functional groups attached to an aromatic ring is 1. The molecule has 0 saturated heterocycles. The number of aromatic amines is 1. The van der Waals surface area contributed by atoms with Crippen molar-refractivity contribution in [1.29, 1.82) is 0 Å². The van der Waals surface area contributed by atoms with Gasteiger partial charge in [-0.05, 0) is 25.1 Å². The van der Waals surface area contributed by atoms with Gasteiger partial charge in [-0.1, -0.05) is 0 Å². The van der Waals surface area contributed by atoms with Crippen molar-refractivity contribution in [3.8, 4) is 0 Å². The lowest BCUT2D eigenvalue weighted by molar-refractivity contribution is -0.128. The summed E-state index contributed by atoms with van der Waals surface area (Å²) in [6.45, 7) is 2.40. The third kappa shape index (κ3) is 2.71. The number of fused-ring (bicyclic) bond motifs is 1. The molecule has 1 aromatic carbocycles. The molecular weight excluding hydrogens is 258 g/mol. The third-order valence-electron chi connectivity index (χ3n) is 3.10. The molecule has 106 valence electrons. The number of likely N-dealkylation sites (N-methyl/N-ethyl adjacent to an activating group) is 1. The summed E-state index contributed by atoms with van der Waals surface area (Å²) < 4.78 is 0. The minimum Gasteiger partial charge on any atom is -0.399 e. The smallest absolute Gasteiger partial charge is 0.272 e. The highest BCUT2D eigenvalue weighted by molar-refractivity contribution is 6.06. The Kier molecular flexibility index (Phi) is 3.88. The number of nitrogens with two attached hydrogens (primary N) is 1. The molecule has 0 fully saturated rings. The Morgan fingerprint density at radius 3 is 2.90 bits per heavy atom. The normalized spacial score (nSPS) is 10.5. The predicted molar refractivity (Wildman–Crippen MR) is 76.2 cm³/mol. The van der Waals surface area contributed by atoms with Crippen molar-refractivity contribution < 1.29 is 9.59 Å². The number of carbonyl (C=O) groups is 2. The molecular formula is C13H17N5O2. The fourth-order valence-corrected chi connectivity index (χ4v) is 1.76. The largest absolute Gasteiger partial charge is 0.399 e. The second-order valence-corrected chi connectivity index (χ2v) is 4.47. The van der Waals surface area contributed by atoms with Gasteiger partial charge in [-0.25, -0.2) is 0 Å². The predicted octanol–water partition coefficient (Wildman–Crippen LogP) is 0.353. The highest BCUT2D eigenvalue weighted by Crippen LogP contribution is 2.18. The van der Waals surface area contributed by atoms with Crippen molar-refractivity contribution in [2.24, 2.45) is 0 Å². The molecule has 0 spiro atoms. The zero-order chi connectivity index (χ0) is 14.7. The van der Waals surface area contributed by atoms with Crippen LogP contribution in [0, 0.1) is 0 Å². The molecule has 2 aromatic rings. The fourth-order valence-electron chi connectivity index (χ4n) is 1.76. The first-order chi connectivity index (χ1) is 9.52. The van der Waals surface area contributed by atoms with Crippen LogP contribution in [0.3, 0.4) is 0 Å². The average molecular weight is 275 g/mol. The van der Waals surface area contributed by atoms with Gasteiger partial charge in [0.25, 0.3) is 5.91 Å². The van der Waals surface area contributed by atoms with Crippen LogP contribution in [0.15, 0.2) is 18.2 Å². The topological polar surface area (TPSA) is 104 Å². The Hall–Kier alpha value is -2.57. The summed E-state index contributed by atoms with van der Waals surface area (Å²) in [5.41, 5.74) is 7.21. The number of hydrogen-bond donors (Lipinski definition) is 3. The number of anilines is 1. The highest BCUT2D eigenvalue weighted by Gasteiger charge is 2.16. The van der Waals surface area contributed by atoms with E-state index in [4.69, 9.17) is 5.73 Å². The van der Waals surface area contributed by atoms with Gasteiger partial charge < -0.3 is 16.0 Å². The molecule has 20 heavy (non-hydrogen) atoms. The van der Waals surface area contributed by atoms with E-state index in [9.17, 15) is 9.59 Å². The van der Waals surface area contributed by atoms with Gasteiger partial charge in [-0.2, -0.15) is 5.10 Å². The van der Waals surface area contributed by atoms with Crippen LogP contribution in [0.2, 0.25) is 0 Å². The fraction of sp³-hybridized carbons (Fsp3) is 0.308. The standard InChI is InChI=1S/C13H17N5O2/c1-3-18(2)11(19)7-15-13(20)12-9-6-8(14)4-5-10(9)16-17-12/h4-6H,3,7,14H2,1-2H3,(H,15,20)(H,16,17). The number of rotatable bonds is 4. The summed E-state index contributed by atoms with van der Waals surface area (Å²) in [6, 6.07) is 5.15. The van der Waals surface area contributed by atoms with Crippen LogP contribution in [0.5, 0.6) is 0 Å². The lowest BCUT2D eigenvalue weighted by Gasteiger charge is -2.14. The molecule has 1 aromatic heterocycles. The van der Waals surface area contributed by atoms with E-state index in [0.717, 1.165) is 5.52 Å². The van der Waals surface area contributed by atoms with Gasteiger partial charge in [0.1, 0.15) is 0 Å². The number of H-pyrrole nitrogens is 1. The van der Waals surface area contributed by atoms with E-state index in [1.807, 2.05) is 6.92 Å². The quantitative estimate of drug-likeness (QED) is 0.700. The molecule has 4 N–H and O–H groups in total. The third-order valence-corrected chi connectivity index (χ3v) is 3.10. The van der Waals surface area contributed by atoms with E-state index >= 15 is 0 Å². The highest BCUT2D eigenvalue weighted by atomic mass is 16.2. The number of aromatic nitrogens is 2. The Bertz CT molecular complexity index is 649. The van der Waals surface area contributed by atoms with E-state index in [0.29, 0.717) is 17.6 Å². The summed E-state index contributed by atoms with van der Waals surface area (Å²) >= 11 is 0. The van der Waals surface area contributed by atoms with Crippen molar-refractivity contribution in [3.05, 3.63) is 23.9 Å². The molecule has 0 bridgehead atoms. The van der Waals surface area contributed by atoms with Crippen LogP contribution < -0.4 is 11.1 Å². The number of nitrogens with zero attached hydrogens (tertiary/aromatic N) is 2. The molecule has 7 heteroatoms. The zero-order valence-electron chi connectivity index (χ0n) is 11.4. The van der Waals surface area contributed by atoms with Crippen LogP contribution in [0.4, 0.5) is 5.69 Å².